The van der Waals surface area contributed by atoms with Crippen molar-refractivity contribution in [3.63, 3.8) is 0 Å². The molecule has 0 radical (unpaired) electrons. The fraction of sp³-hybridized carbons (Fsp3) is 0.0952. The molecule has 0 atom stereocenters. The van der Waals surface area contributed by atoms with Crippen LogP contribution in [0.5, 0.6) is 0 Å². The molecule has 30 heavy (non-hydrogen) atoms. The molecule has 0 fully saturated rings. The number of nitrogens with one attached hydrogen (secondary N) is 2. The minimum atomic E-state index is -4.13. The molecular formula is C21H17ClF2N2O3S. The maximum absolute atomic E-state index is 13.8. The largest absolute Gasteiger partial charge is 0.317 e. The van der Waals surface area contributed by atoms with E-state index in [1.165, 1.54) is 12.1 Å². The van der Waals surface area contributed by atoms with Crippen LogP contribution < -0.4 is 10.0 Å². The van der Waals surface area contributed by atoms with Crippen LogP contribution in [0.4, 0.5) is 20.2 Å². The number of hydrogen-bond acceptors (Lipinski definition) is 3. The highest BCUT2D eigenvalue weighted by molar-refractivity contribution is 7.92. The number of sulfonamides is 1. The van der Waals surface area contributed by atoms with Gasteiger partial charge in [-0.15, -0.1) is 0 Å². The first-order valence-corrected chi connectivity index (χ1v) is 10.6. The number of carbonyl (C=O) groups excluding carboxylic acids is 1. The van der Waals surface area contributed by atoms with Crippen molar-refractivity contribution in [3.8, 4) is 0 Å². The van der Waals surface area contributed by atoms with Gasteiger partial charge in [-0.1, -0.05) is 23.7 Å². The van der Waals surface area contributed by atoms with Gasteiger partial charge in [0.1, 0.15) is 22.2 Å². The van der Waals surface area contributed by atoms with Crippen LogP contribution in [0, 0.1) is 25.5 Å². The predicted molar refractivity (Wildman–Crippen MR) is 112 cm³/mol. The van der Waals surface area contributed by atoms with Crippen molar-refractivity contribution < 1.29 is 22.0 Å². The molecule has 3 aromatic rings. The number of halogens is 3. The summed E-state index contributed by atoms with van der Waals surface area (Å²) in [5.74, 6) is -2.80. The van der Waals surface area contributed by atoms with Crippen LogP contribution in [0.2, 0.25) is 5.02 Å². The summed E-state index contributed by atoms with van der Waals surface area (Å²) in [6, 6.07) is 11.7. The van der Waals surface area contributed by atoms with Crippen LogP contribution in [-0.2, 0) is 10.0 Å². The second kappa shape index (κ2) is 8.41. The molecule has 5 nitrogen and oxygen atoms in total. The van der Waals surface area contributed by atoms with Crippen LogP contribution in [-0.4, -0.2) is 14.3 Å². The van der Waals surface area contributed by atoms with Gasteiger partial charge in [0.25, 0.3) is 15.9 Å². The van der Waals surface area contributed by atoms with Crippen molar-refractivity contribution in [1.29, 1.82) is 0 Å². The highest BCUT2D eigenvalue weighted by Crippen LogP contribution is 2.27. The Hall–Kier alpha value is -2.97. The van der Waals surface area contributed by atoms with Crippen molar-refractivity contribution in [2.24, 2.45) is 0 Å². The summed E-state index contributed by atoms with van der Waals surface area (Å²) in [5.41, 5.74) is 1.45. The molecule has 0 heterocycles. The Bertz CT molecular complexity index is 1230. The van der Waals surface area contributed by atoms with E-state index >= 15 is 0 Å². The van der Waals surface area contributed by atoms with Crippen molar-refractivity contribution in [1.82, 2.24) is 0 Å². The molecule has 0 spiro atoms. The first-order valence-electron chi connectivity index (χ1n) is 8.73. The topological polar surface area (TPSA) is 75.3 Å². The number of aryl methyl sites for hydroxylation is 2. The zero-order chi connectivity index (χ0) is 22.1. The summed E-state index contributed by atoms with van der Waals surface area (Å²) in [7, 11) is -4.13. The summed E-state index contributed by atoms with van der Waals surface area (Å²) in [5, 5.41) is 2.00. The van der Waals surface area contributed by atoms with Crippen molar-refractivity contribution in [2.45, 2.75) is 18.7 Å². The lowest BCUT2D eigenvalue weighted by Crippen LogP contribution is -2.17. The van der Waals surface area contributed by atoms with Gasteiger partial charge < -0.3 is 5.32 Å². The lowest BCUT2D eigenvalue weighted by atomic mass is 10.1. The summed E-state index contributed by atoms with van der Waals surface area (Å²) >= 11 is 6.05. The van der Waals surface area contributed by atoms with Crippen LogP contribution in [0.3, 0.4) is 0 Å². The molecule has 156 valence electrons. The van der Waals surface area contributed by atoms with Gasteiger partial charge in [-0.25, -0.2) is 17.2 Å². The van der Waals surface area contributed by atoms with Crippen molar-refractivity contribution >= 4 is 38.9 Å². The number of hydrogen-bond donors (Lipinski definition) is 2. The van der Waals surface area contributed by atoms with E-state index < -0.39 is 33.3 Å². The number of anilines is 2. The molecule has 0 saturated carbocycles. The van der Waals surface area contributed by atoms with Crippen LogP contribution in [0.25, 0.3) is 0 Å². The average Bonchev–Trinajstić information content (AvgIpc) is 2.67. The van der Waals surface area contributed by atoms with E-state index in [4.69, 9.17) is 11.6 Å². The third-order valence-electron chi connectivity index (χ3n) is 4.44. The number of benzene rings is 3. The van der Waals surface area contributed by atoms with E-state index in [1.54, 1.807) is 18.2 Å². The van der Waals surface area contributed by atoms with Gasteiger partial charge >= 0.3 is 0 Å². The number of amides is 1. The van der Waals surface area contributed by atoms with Gasteiger partial charge in [0, 0.05) is 11.3 Å². The zero-order valence-corrected chi connectivity index (χ0v) is 17.5. The Morgan fingerprint density at radius 2 is 1.60 bits per heavy atom. The van der Waals surface area contributed by atoms with Gasteiger partial charge in [0.05, 0.1) is 5.02 Å². The van der Waals surface area contributed by atoms with Crippen LogP contribution >= 0.6 is 11.6 Å². The monoisotopic (exact) mass is 450 g/mol. The molecule has 9 heteroatoms. The van der Waals surface area contributed by atoms with Crippen molar-refractivity contribution in [3.05, 3.63) is 87.9 Å². The molecule has 3 rings (SSSR count). The zero-order valence-electron chi connectivity index (χ0n) is 16.0. The summed E-state index contributed by atoms with van der Waals surface area (Å²) < 4.78 is 55.6. The maximum atomic E-state index is 13.8. The minimum Gasteiger partial charge on any atom is -0.317 e. The Morgan fingerprint density at radius 3 is 2.23 bits per heavy atom. The fourth-order valence-corrected chi connectivity index (χ4v) is 4.24. The molecule has 3 aromatic carbocycles. The highest BCUT2D eigenvalue weighted by Gasteiger charge is 2.21. The molecule has 0 aliphatic heterocycles. The SMILES string of the molecule is Cc1ccc(NS(=O)(=O)c2cc(C(=O)Nc3c(F)cccc3F)ccc2Cl)cc1C. The highest BCUT2D eigenvalue weighted by atomic mass is 35.5. The molecule has 1 amide bonds. The lowest BCUT2D eigenvalue weighted by Gasteiger charge is -2.13. The standard InChI is InChI=1S/C21H17ClF2N2O3S/c1-12-6-8-15(10-13(12)2)26-30(28,29)19-11-14(7-9-16(19)22)21(27)25-20-17(23)4-3-5-18(20)24/h3-11,26H,1-2H3,(H,25,27). The first-order chi connectivity index (χ1) is 14.1. The molecule has 0 bridgehead atoms. The van der Waals surface area contributed by atoms with Gasteiger partial charge in [-0.2, -0.15) is 0 Å². The van der Waals surface area contributed by atoms with E-state index in [0.717, 1.165) is 35.4 Å². The molecule has 0 unspecified atom stereocenters. The van der Waals surface area contributed by atoms with Gasteiger partial charge in [0.15, 0.2) is 0 Å². The van der Waals surface area contributed by atoms with Gasteiger partial charge in [-0.05, 0) is 67.4 Å². The summed E-state index contributed by atoms with van der Waals surface area (Å²) in [4.78, 5) is 12.1. The second-order valence-corrected chi connectivity index (χ2v) is 8.66. The van der Waals surface area contributed by atoms with E-state index in [-0.39, 0.29) is 15.5 Å². The van der Waals surface area contributed by atoms with E-state index in [2.05, 4.69) is 10.0 Å². The molecule has 0 saturated heterocycles. The molecular weight excluding hydrogens is 434 g/mol. The van der Waals surface area contributed by atoms with Crippen molar-refractivity contribution in [2.75, 3.05) is 10.0 Å². The third-order valence-corrected chi connectivity index (χ3v) is 6.31. The number of carbonyl (C=O) groups is 1. The second-order valence-electron chi connectivity index (χ2n) is 6.60. The fourth-order valence-electron chi connectivity index (χ4n) is 2.67. The molecule has 0 aromatic heterocycles. The molecule has 0 aliphatic rings. The lowest BCUT2D eigenvalue weighted by molar-refractivity contribution is 0.102. The van der Waals surface area contributed by atoms with Gasteiger partial charge in [0.2, 0.25) is 0 Å². The normalized spacial score (nSPS) is 11.2. The van der Waals surface area contributed by atoms with Gasteiger partial charge in [-0.3, -0.25) is 9.52 Å². The maximum Gasteiger partial charge on any atom is 0.263 e. The minimum absolute atomic E-state index is 0.111. The number of para-hydroxylation sites is 1. The Labute approximate surface area is 177 Å². The average molecular weight is 451 g/mol. The number of rotatable bonds is 5. The summed E-state index contributed by atoms with van der Waals surface area (Å²) in [6.45, 7) is 3.73. The van der Waals surface area contributed by atoms with Crippen LogP contribution in [0.15, 0.2) is 59.5 Å². The summed E-state index contributed by atoms with van der Waals surface area (Å²) in [6.07, 6.45) is 0. The van der Waals surface area contributed by atoms with Crippen LogP contribution in [0.1, 0.15) is 21.5 Å². The molecule has 0 aliphatic carbocycles. The Morgan fingerprint density at radius 1 is 0.933 bits per heavy atom. The van der Waals surface area contributed by atoms with E-state index in [0.29, 0.717) is 5.69 Å². The molecule has 2 N–H and O–H groups in total. The quantitative estimate of drug-likeness (QED) is 0.554. The Kier molecular flexibility index (Phi) is 6.09. The third kappa shape index (κ3) is 4.60. The Balaban J connectivity index is 1.92. The smallest absolute Gasteiger partial charge is 0.263 e. The van der Waals surface area contributed by atoms with E-state index in [1.807, 2.05) is 13.8 Å². The predicted octanol–water partition coefficient (Wildman–Crippen LogP) is 5.29. The van der Waals surface area contributed by atoms with E-state index in [9.17, 15) is 22.0 Å². The first kappa shape index (κ1) is 21.7.